The largest absolute Gasteiger partial charge is 0.367 e. The zero-order valence-corrected chi connectivity index (χ0v) is 17.4. The summed E-state index contributed by atoms with van der Waals surface area (Å²) < 4.78 is 40.5. The summed E-state index contributed by atoms with van der Waals surface area (Å²) in [5.74, 6) is -0.695. The van der Waals surface area contributed by atoms with Crippen LogP contribution >= 0.6 is 11.6 Å². The maximum absolute atomic E-state index is 13.9. The molecule has 1 heterocycles. The molecule has 0 saturated carbocycles. The molecule has 2 aromatic rings. The first-order chi connectivity index (χ1) is 13.9. The maximum atomic E-state index is 13.9. The van der Waals surface area contributed by atoms with Gasteiger partial charge in [-0.05, 0) is 30.7 Å². The van der Waals surface area contributed by atoms with E-state index in [1.54, 1.807) is 42.5 Å². The van der Waals surface area contributed by atoms with Crippen molar-refractivity contribution in [2.45, 2.75) is 6.42 Å². The molecule has 6 nitrogen and oxygen atoms in total. The van der Waals surface area contributed by atoms with E-state index in [2.05, 4.69) is 5.32 Å². The van der Waals surface area contributed by atoms with E-state index in [1.807, 2.05) is 4.90 Å². The van der Waals surface area contributed by atoms with Crippen molar-refractivity contribution in [3.05, 3.63) is 64.9 Å². The summed E-state index contributed by atoms with van der Waals surface area (Å²) in [5.41, 5.74) is 0.855. The van der Waals surface area contributed by atoms with Crippen LogP contribution in [0, 0.1) is 5.82 Å². The number of anilines is 1. The molecule has 1 saturated heterocycles. The molecular weight excluding hydrogens is 417 g/mol. The highest BCUT2D eigenvalue weighted by Gasteiger charge is 2.27. The first kappa shape index (κ1) is 21.5. The molecular formula is C20H23ClFN3O3S. The summed E-state index contributed by atoms with van der Waals surface area (Å²) in [5, 5.41) is 3.05. The number of amides is 1. The van der Waals surface area contributed by atoms with Gasteiger partial charge in [0.15, 0.2) is 0 Å². The average Bonchev–Trinajstić information content (AvgIpc) is 2.72. The van der Waals surface area contributed by atoms with E-state index in [0.29, 0.717) is 48.9 Å². The van der Waals surface area contributed by atoms with Crippen molar-refractivity contribution in [3.8, 4) is 0 Å². The van der Waals surface area contributed by atoms with Gasteiger partial charge >= 0.3 is 0 Å². The van der Waals surface area contributed by atoms with Gasteiger partial charge in [0.2, 0.25) is 10.0 Å². The fourth-order valence-corrected chi connectivity index (χ4v) is 4.95. The van der Waals surface area contributed by atoms with Gasteiger partial charge in [-0.25, -0.2) is 12.8 Å². The smallest absolute Gasteiger partial charge is 0.252 e. The molecule has 0 atom stereocenters. The number of benzene rings is 2. The molecule has 156 valence electrons. The lowest BCUT2D eigenvalue weighted by Crippen LogP contribution is -2.49. The summed E-state index contributed by atoms with van der Waals surface area (Å²) in [4.78, 5) is 14.0. The van der Waals surface area contributed by atoms with Gasteiger partial charge in [0.25, 0.3) is 5.91 Å². The van der Waals surface area contributed by atoms with Gasteiger partial charge in [0.05, 0.1) is 22.0 Å². The molecule has 29 heavy (non-hydrogen) atoms. The Morgan fingerprint density at radius 2 is 1.69 bits per heavy atom. The molecule has 0 radical (unpaired) electrons. The van der Waals surface area contributed by atoms with E-state index in [0.717, 1.165) is 0 Å². The predicted octanol–water partition coefficient (Wildman–Crippen LogP) is 2.75. The molecule has 3 rings (SSSR count). The number of halogens is 2. The summed E-state index contributed by atoms with van der Waals surface area (Å²) in [7, 11) is -3.43. The number of hydrogen-bond acceptors (Lipinski definition) is 4. The highest BCUT2D eigenvalue weighted by atomic mass is 35.5. The van der Waals surface area contributed by atoms with Crippen LogP contribution in [-0.2, 0) is 10.0 Å². The van der Waals surface area contributed by atoms with Gasteiger partial charge in [-0.2, -0.15) is 4.31 Å². The lowest BCUT2D eigenvalue weighted by molar-refractivity contribution is 0.0954. The van der Waals surface area contributed by atoms with Crippen molar-refractivity contribution in [1.29, 1.82) is 0 Å². The first-order valence-electron chi connectivity index (χ1n) is 9.38. The molecule has 2 aromatic carbocycles. The Balaban J connectivity index is 1.45. The fraction of sp³-hybridized carbons (Fsp3) is 0.350. The Kier molecular flexibility index (Phi) is 7.10. The van der Waals surface area contributed by atoms with E-state index in [-0.39, 0.29) is 24.0 Å². The standard InChI is InChI=1S/C20H23ClFN3O3S/c21-17-7-2-1-6-16(17)20(26)23-10-5-15-29(27,28)25-13-11-24(12-14-25)19-9-4-3-8-18(19)22/h1-4,6-9H,5,10-15H2,(H,23,26). The van der Waals surface area contributed by atoms with Crippen LogP contribution in [0.4, 0.5) is 10.1 Å². The Labute approximate surface area is 175 Å². The second kappa shape index (κ2) is 9.56. The van der Waals surface area contributed by atoms with Crippen molar-refractivity contribution in [2.75, 3.05) is 43.4 Å². The van der Waals surface area contributed by atoms with Crippen molar-refractivity contribution >= 4 is 33.2 Å². The molecule has 1 aliphatic heterocycles. The second-order valence-corrected chi connectivity index (χ2v) is 9.24. The van der Waals surface area contributed by atoms with Crippen LogP contribution in [0.1, 0.15) is 16.8 Å². The number of para-hydroxylation sites is 1. The monoisotopic (exact) mass is 439 g/mol. The van der Waals surface area contributed by atoms with Gasteiger partial charge in [0, 0.05) is 32.7 Å². The van der Waals surface area contributed by atoms with Gasteiger partial charge in [-0.1, -0.05) is 35.9 Å². The molecule has 1 amide bonds. The average molecular weight is 440 g/mol. The van der Waals surface area contributed by atoms with Gasteiger partial charge in [0.1, 0.15) is 5.82 Å². The highest BCUT2D eigenvalue weighted by Crippen LogP contribution is 2.21. The number of nitrogens with zero attached hydrogens (tertiary/aromatic N) is 2. The number of nitrogens with one attached hydrogen (secondary N) is 1. The fourth-order valence-electron chi connectivity index (χ4n) is 3.24. The Hall–Kier alpha value is -2.16. The number of sulfonamides is 1. The van der Waals surface area contributed by atoms with Crippen molar-refractivity contribution < 1.29 is 17.6 Å². The van der Waals surface area contributed by atoms with Crippen LogP contribution in [0.25, 0.3) is 0 Å². The number of carbonyl (C=O) groups is 1. The van der Waals surface area contributed by atoms with E-state index in [4.69, 9.17) is 11.6 Å². The zero-order valence-electron chi connectivity index (χ0n) is 15.9. The maximum Gasteiger partial charge on any atom is 0.252 e. The van der Waals surface area contributed by atoms with Crippen molar-refractivity contribution in [3.63, 3.8) is 0 Å². The Morgan fingerprint density at radius 3 is 2.38 bits per heavy atom. The number of piperazine rings is 1. The minimum absolute atomic E-state index is 0.0600. The third kappa shape index (κ3) is 5.46. The summed E-state index contributed by atoms with van der Waals surface area (Å²) in [6, 6.07) is 13.2. The van der Waals surface area contributed by atoms with Crippen LogP contribution in [0.15, 0.2) is 48.5 Å². The van der Waals surface area contributed by atoms with Gasteiger partial charge < -0.3 is 10.2 Å². The molecule has 0 spiro atoms. The van der Waals surface area contributed by atoms with E-state index in [1.165, 1.54) is 10.4 Å². The summed E-state index contributed by atoms with van der Waals surface area (Å²) in [6.07, 6.45) is 0.298. The van der Waals surface area contributed by atoms with E-state index in [9.17, 15) is 17.6 Å². The third-order valence-electron chi connectivity index (χ3n) is 4.81. The Morgan fingerprint density at radius 1 is 1.03 bits per heavy atom. The minimum Gasteiger partial charge on any atom is -0.367 e. The van der Waals surface area contributed by atoms with Crippen LogP contribution in [0.5, 0.6) is 0 Å². The molecule has 0 aromatic heterocycles. The molecule has 1 aliphatic rings. The number of rotatable bonds is 7. The lowest BCUT2D eigenvalue weighted by Gasteiger charge is -2.35. The molecule has 1 fully saturated rings. The molecule has 9 heteroatoms. The van der Waals surface area contributed by atoms with E-state index < -0.39 is 10.0 Å². The van der Waals surface area contributed by atoms with Crippen LogP contribution < -0.4 is 10.2 Å². The molecule has 0 unspecified atom stereocenters. The van der Waals surface area contributed by atoms with E-state index >= 15 is 0 Å². The SMILES string of the molecule is O=C(NCCCS(=O)(=O)N1CCN(c2ccccc2F)CC1)c1ccccc1Cl. The minimum atomic E-state index is -3.43. The molecule has 1 N–H and O–H groups in total. The zero-order chi connectivity index (χ0) is 20.9. The van der Waals surface area contributed by atoms with Crippen molar-refractivity contribution in [1.82, 2.24) is 9.62 Å². The third-order valence-corrected chi connectivity index (χ3v) is 7.09. The molecule has 0 aliphatic carbocycles. The van der Waals surface area contributed by atoms with Crippen molar-refractivity contribution in [2.24, 2.45) is 0 Å². The van der Waals surface area contributed by atoms with Crippen LogP contribution in [0.2, 0.25) is 5.02 Å². The summed E-state index contributed by atoms with van der Waals surface area (Å²) in [6.45, 7) is 1.72. The van der Waals surface area contributed by atoms with Gasteiger partial charge in [-0.3, -0.25) is 4.79 Å². The molecule has 0 bridgehead atoms. The number of hydrogen-bond donors (Lipinski definition) is 1. The summed E-state index contributed by atoms with van der Waals surface area (Å²) >= 11 is 5.98. The normalized spacial score (nSPS) is 15.3. The highest BCUT2D eigenvalue weighted by molar-refractivity contribution is 7.89. The van der Waals surface area contributed by atoms with Crippen LogP contribution in [0.3, 0.4) is 0 Å². The van der Waals surface area contributed by atoms with Crippen LogP contribution in [-0.4, -0.2) is 57.1 Å². The first-order valence-corrected chi connectivity index (χ1v) is 11.4. The Bertz CT molecular complexity index is 963. The predicted molar refractivity (Wildman–Crippen MR) is 112 cm³/mol. The quantitative estimate of drug-likeness (QED) is 0.673. The lowest BCUT2D eigenvalue weighted by atomic mass is 10.2. The van der Waals surface area contributed by atoms with Gasteiger partial charge in [-0.15, -0.1) is 0 Å². The number of carbonyl (C=O) groups excluding carboxylic acids is 1. The topological polar surface area (TPSA) is 69.7 Å². The second-order valence-electron chi connectivity index (χ2n) is 6.74.